The fraction of sp³-hybridized carbons (Fsp3) is 0.154. The van der Waals surface area contributed by atoms with Gasteiger partial charge in [-0.05, 0) is 54.8 Å². The molecular weight excluding hydrogens is 484 g/mol. The molecule has 0 N–H and O–H groups in total. The van der Waals surface area contributed by atoms with Gasteiger partial charge in [0.05, 0.1) is 22.6 Å². The zero-order chi connectivity index (χ0) is 25.1. The Kier molecular flexibility index (Phi) is 7.18. The van der Waals surface area contributed by atoms with Crippen LogP contribution in [0.2, 0.25) is 0 Å². The van der Waals surface area contributed by atoms with E-state index in [0.29, 0.717) is 26.3 Å². The second-order valence-electron chi connectivity index (χ2n) is 7.93. The largest absolute Gasteiger partial charge is 0.493 e. The highest BCUT2D eigenvalue weighted by Gasteiger charge is 2.34. The topological polar surface area (TPSA) is 81.9 Å². The minimum atomic E-state index is -0.443. The number of ether oxygens (including phenoxy) is 2. The number of nitro benzene ring substituents is 1. The van der Waals surface area contributed by atoms with Crippen molar-refractivity contribution >= 4 is 51.7 Å². The summed E-state index contributed by atoms with van der Waals surface area (Å²) in [5.74, 6) is 0.796. The molecule has 0 spiro atoms. The molecule has 0 saturated carbocycles. The maximum Gasteiger partial charge on any atom is 0.270 e. The van der Waals surface area contributed by atoms with Crippen molar-refractivity contribution in [3.63, 3.8) is 0 Å². The van der Waals surface area contributed by atoms with E-state index in [-0.39, 0.29) is 18.2 Å². The molecule has 0 unspecified atom stereocenters. The number of carbonyl (C=O) groups is 1. The number of nitrogens with zero attached hydrogens (tertiary/aromatic N) is 2. The van der Waals surface area contributed by atoms with Crippen LogP contribution < -0.4 is 14.4 Å². The molecule has 0 aromatic heterocycles. The minimum Gasteiger partial charge on any atom is -0.493 e. The molecule has 3 aromatic carbocycles. The molecule has 178 valence electrons. The molecule has 35 heavy (non-hydrogen) atoms. The predicted molar refractivity (Wildman–Crippen MR) is 142 cm³/mol. The normalized spacial score (nSPS) is 14.5. The molecule has 1 aliphatic rings. The molecule has 0 atom stereocenters. The van der Waals surface area contributed by atoms with Crippen LogP contribution in [0.15, 0.2) is 65.6 Å². The van der Waals surface area contributed by atoms with Crippen molar-refractivity contribution in [1.29, 1.82) is 0 Å². The van der Waals surface area contributed by atoms with Crippen LogP contribution >= 0.6 is 24.0 Å². The van der Waals surface area contributed by atoms with Crippen molar-refractivity contribution in [1.82, 2.24) is 0 Å². The molecule has 1 heterocycles. The predicted octanol–water partition coefficient (Wildman–Crippen LogP) is 6.21. The SMILES string of the molecule is COc1cc(/C=C2\SC(=S)N(c3ccc(C)cc3C)C2=O)ccc1OCc1cccc([N+](=O)[O-])c1. The summed E-state index contributed by atoms with van der Waals surface area (Å²) in [5, 5.41) is 11.0. The van der Waals surface area contributed by atoms with Gasteiger partial charge in [0.25, 0.3) is 11.6 Å². The van der Waals surface area contributed by atoms with Crippen LogP contribution in [0.1, 0.15) is 22.3 Å². The number of thiocarbonyl (C=S) groups is 1. The van der Waals surface area contributed by atoms with Gasteiger partial charge in [0.1, 0.15) is 6.61 Å². The molecule has 1 fully saturated rings. The lowest BCUT2D eigenvalue weighted by molar-refractivity contribution is -0.384. The first-order valence-electron chi connectivity index (χ1n) is 10.7. The number of benzene rings is 3. The summed E-state index contributed by atoms with van der Waals surface area (Å²) >= 11 is 6.76. The van der Waals surface area contributed by atoms with Gasteiger partial charge in [-0.3, -0.25) is 19.8 Å². The lowest BCUT2D eigenvalue weighted by Gasteiger charge is -2.17. The van der Waals surface area contributed by atoms with Crippen LogP contribution in [-0.4, -0.2) is 22.3 Å². The molecule has 9 heteroatoms. The van der Waals surface area contributed by atoms with Gasteiger partial charge in [-0.15, -0.1) is 0 Å². The number of aryl methyl sites for hydroxylation is 2. The molecule has 0 aliphatic carbocycles. The Hall–Kier alpha value is -3.69. The zero-order valence-electron chi connectivity index (χ0n) is 19.3. The molecule has 4 rings (SSSR count). The lowest BCUT2D eigenvalue weighted by Crippen LogP contribution is -2.28. The Morgan fingerprint density at radius 2 is 1.89 bits per heavy atom. The van der Waals surface area contributed by atoms with Gasteiger partial charge in [0.15, 0.2) is 15.8 Å². The van der Waals surface area contributed by atoms with E-state index in [1.165, 1.54) is 31.0 Å². The number of thioether (sulfide) groups is 1. The zero-order valence-corrected chi connectivity index (χ0v) is 20.9. The summed E-state index contributed by atoms with van der Waals surface area (Å²) in [4.78, 5) is 25.8. The van der Waals surface area contributed by atoms with E-state index in [1.54, 1.807) is 35.2 Å². The fourth-order valence-corrected chi connectivity index (χ4v) is 4.98. The smallest absolute Gasteiger partial charge is 0.270 e. The van der Waals surface area contributed by atoms with E-state index < -0.39 is 4.92 Å². The van der Waals surface area contributed by atoms with Crippen LogP contribution in [-0.2, 0) is 11.4 Å². The summed E-state index contributed by atoms with van der Waals surface area (Å²) in [6.07, 6.45) is 1.77. The quantitative estimate of drug-likeness (QED) is 0.163. The van der Waals surface area contributed by atoms with E-state index >= 15 is 0 Å². The number of anilines is 1. The highest BCUT2D eigenvalue weighted by atomic mass is 32.2. The molecule has 0 radical (unpaired) electrons. The summed E-state index contributed by atoms with van der Waals surface area (Å²) in [5.41, 5.74) is 4.31. The van der Waals surface area contributed by atoms with Gasteiger partial charge in [0, 0.05) is 12.1 Å². The molecule has 1 saturated heterocycles. The Labute approximate surface area is 212 Å². The molecule has 3 aromatic rings. The first-order chi connectivity index (χ1) is 16.8. The Morgan fingerprint density at radius 3 is 2.60 bits per heavy atom. The van der Waals surface area contributed by atoms with Crippen molar-refractivity contribution in [2.24, 2.45) is 0 Å². The third-order valence-electron chi connectivity index (χ3n) is 5.39. The summed E-state index contributed by atoms with van der Waals surface area (Å²) in [6, 6.07) is 17.5. The van der Waals surface area contributed by atoms with Crippen LogP contribution in [0, 0.1) is 24.0 Å². The van der Waals surface area contributed by atoms with E-state index in [4.69, 9.17) is 21.7 Å². The molecule has 7 nitrogen and oxygen atoms in total. The summed E-state index contributed by atoms with van der Waals surface area (Å²) < 4.78 is 11.8. The maximum atomic E-state index is 13.2. The third-order valence-corrected chi connectivity index (χ3v) is 6.69. The minimum absolute atomic E-state index is 0.00607. The van der Waals surface area contributed by atoms with Gasteiger partial charge in [0.2, 0.25) is 0 Å². The Morgan fingerprint density at radius 1 is 1.09 bits per heavy atom. The van der Waals surface area contributed by atoms with Crippen molar-refractivity contribution in [2.45, 2.75) is 20.5 Å². The van der Waals surface area contributed by atoms with Crippen LogP contribution in [0.3, 0.4) is 0 Å². The maximum absolute atomic E-state index is 13.2. The standard InChI is InChI=1S/C26H22N2O5S2/c1-16-7-9-21(17(2)11-16)27-25(29)24(35-26(27)34)14-18-8-10-22(23(13-18)32-3)33-15-19-5-4-6-20(12-19)28(30)31/h4-14H,15H2,1-3H3/b24-14-. The van der Waals surface area contributed by atoms with Gasteiger partial charge in [-0.2, -0.15) is 0 Å². The van der Waals surface area contributed by atoms with Crippen LogP contribution in [0.25, 0.3) is 6.08 Å². The summed E-state index contributed by atoms with van der Waals surface area (Å²) in [7, 11) is 1.53. The van der Waals surface area contributed by atoms with E-state index in [2.05, 4.69) is 0 Å². The third kappa shape index (κ3) is 5.36. The van der Waals surface area contributed by atoms with E-state index in [0.717, 1.165) is 22.4 Å². The number of methoxy groups -OCH3 is 1. The van der Waals surface area contributed by atoms with Crippen molar-refractivity contribution in [3.8, 4) is 11.5 Å². The highest BCUT2D eigenvalue weighted by Crippen LogP contribution is 2.38. The first-order valence-corrected chi connectivity index (χ1v) is 11.9. The van der Waals surface area contributed by atoms with Crippen molar-refractivity contribution in [3.05, 3.63) is 97.9 Å². The fourth-order valence-electron chi connectivity index (χ4n) is 3.70. The molecule has 1 aliphatic heterocycles. The van der Waals surface area contributed by atoms with Gasteiger partial charge >= 0.3 is 0 Å². The van der Waals surface area contributed by atoms with E-state index in [1.807, 2.05) is 38.1 Å². The second-order valence-corrected chi connectivity index (χ2v) is 9.61. The molecular formula is C26H22N2O5S2. The highest BCUT2D eigenvalue weighted by molar-refractivity contribution is 8.27. The Bertz CT molecular complexity index is 1370. The molecule has 1 amide bonds. The number of carbonyl (C=O) groups excluding carboxylic acids is 1. The van der Waals surface area contributed by atoms with Gasteiger partial charge < -0.3 is 9.47 Å². The lowest BCUT2D eigenvalue weighted by atomic mass is 10.1. The molecule has 0 bridgehead atoms. The summed E-state index contributed by atoms with van der Waals surface area (Å²) in [6.45, 7) is 4.11. The Balaban J connectivity index is 1.53. The van der Waals surface area contributed by atoms with E-state index in [9.17, 15) is 14.9 Å². The van der Waals surface area contributed by atoms with Crippen LogP contribution in [0.4, 0.5) is 11.4 Å². The van der Waals surface area contributed by atoms with Crippen LogP contribution in [0.5, 0.6) is 11.5 Å². The van der Waals surface area contributed by atoms with Gasteiger partial charge in [-0.1, -0.05) is 59.9 Å². The number of hydrogen-bond acceptors (Lipinski definition) is 7. The average molecular weight is 507 g/mol. The average Bonchev–Trinajstić information content (AvgIpc) is 3.11. The van der Waals surface area contributed by atoms with Crippen molar-refractivity contribution in [2.75, 3.05) is 12.0 Å². The van der Waals surface area contributed by atoms with Gasteiger partial charge in [-0.25, -0.2) is 0 Å². The number of hydrogen-bond donors (Lipinski definition) is 0. The number of non-ortho nitro benzene ring substituents is 1. The first kappa shape index (κ1) is 24.4. The van der Waals surface area contributed by atoms with Crippen molar-refractivity contribution < 1.29 is 19.2 Å². The number of nitro groups is 1. The monoisotopic (exact) mass is 506 g/mol. The number of amides is 1. The second kappa shape index (κ2) is 10.3. The number of rotatable bonds is 7.